The Morgan fingerprint density at radius 2 is 0.592 bits per heavy atom. The summed E-state index contributed by atoms with van der Waals surface area (Å²) in [6.45, 7) is 26.9. The Morgan fingerprint density at radius 1 is 0.242 bits per heavy atom. The van der Waals surface area contributed by atoms with E-state index in [0.29, 0.717) is 39.8 Å². The van der Waals surface area contributed by atoms with Crippen LogP contribution in [0.1, 0.15) is 150 Å². The van der Waals surface area contributed by atoms with Gasteiger partial charge in [0, 0.05) is 82.4 Å². The van der Waals surface area contributed by atoms with E-state index in [1.165, 1.54) is 11.1 Å². The van der Waals surface area contributed by atoms with E-state index >= 15 is 0 Å². The first-order chi connectivity index (χ1) is 64.7. The summed E-state index contributed by atoms with van der Waals surface area (Å²) < 4.78 is 163. The maximum Gasteiger partial charge on any atom is 0.0645 e. The van der Waals surface area contributed by atoms with Crippen molar-refractivity contribution in [2.45, 2.75) is 111 Å². The minimum atomic E-state index is -0.797. The van der Waals surface area contributed by atoms with Crippen LogP contribution in [0.15, 0.2) is 333 Å². The van der Waals surface area contributed by atoms with Crippen molar-refractivity contribution in [1.29, 1.82) is 0 Å². The number of aromatic nitrogens is 4. The molecule has 7 heterocycles. The normalized spacial score (nSPS) is 15.8. The third-order valence-electron chi connectivity index (χ3n) is 25.2. The number of fused-ring (bicyclic) bond motifs is 19. The summed E-state index contributed by atoms with van der Waals surface area (Å²) in [5.74, 6) is -0.797. The van der Waals surface area contributed by atoms with Crippen molar-refractivity contribution in [1.82, 2.24) is 18.3 Å². The molecule has 1 atom stereocenters. The standard InChI is InChI=1S/C113H92N6S/c1-110(2,3)72-45-53-96-88(60-72)89-61-73(111(4,5)6)46-54-97(89)116(96)79-66-104-107-105(67-79)119(101-44-28-38-85-84-37-27-43-100(108(84)120-109(85)101)118-98-55-47-74(112(7,8)9)62-90(98)91-63-75(113(10,11)12)48-56-99(91)118)103-65-77(115-94-41-25-21-35-82(94)83-36-22-26-42-95(83)115)50-52-87(103)106(107)86-51-49-76(114-92-39-23-19-33-80(92)81-34-20-24-40-93(81)114)64-102(86)117(104)78-58-70(68-29-15-13-16-30-68)57-71(59-78)69-31-17-14-18-32-69/h13-67,106H,1-12H3/i19D,20D,21D,22D,23D,24D,25D,26D,33D,34D,35D,36D,39D,40D,41D,42D. The third-order valence-corrected chi connectivity index (χ3v) is 26.5. The van der Waals surface area contributed by atoms with Gasteiger partial charge in [0.15, 0.2) is 0 Å². The molecule has 580 valence electrons. The molecule has 2 aliphatic rings. The Hall–Kier alpha value is -13.5. The van der Waals surface area contributed by atoms with Crippen molar-refractivity contribution in [2.75, 3.05) is 9.80 Å². The Kier molecular flexibility index (Phi) is 12.3. The Bertz CT molecular complexity index is 8580. The molecule has 6 nitrogen and oxygen atoms in total. The van der Waals surface area contributed by atoms with Gasteiger partial charge in [0.05, 0.1) is 115 Å². The van der Waals surface area contributed by atoms with Crippen LogP contribution in [0.4, 0.5) is 34.1 Å². The second-order valence-electron chi connectivity index (χ2n) is 36.6. The van der Waals surface area contributed by atoms with Crippen LogP contribution in [-0.2, 0) is 21.7 Å². The molecule has 0 saturated heterocycles. The maximum absolute atomic E-state index is 10.0. The molecule has 23 rings (SSSR count). The van der Waals surface area contributed by atoms with Crippen molar-refractivity contribution in [3.63, 3.8) is 0 Å². The van der Waals surface area contributed by atoms with Gasteiger partial charge in [-0.15, -0.1) is 11.3 Å². The molecule has 0 aliphatic carbocycles. The van der Waals surface area contributed by atoms with Crippen LogP contribution in [0.25, 0.3) is 152 Å². The SMILES string of the molecule is [2H]c1c([2H])c([2H])c2c(c1[2H])c1c([2H])c([2H])c([2H])c([2H])c1n2-c1ccc2c(c1)N(c1cc(-c3ccccc3)cc(-c3ccccc3)c1)c1cc(-n3c4ccc(C(C)(C)C)cc4c4cc(C(C)(C)C)ccc43)cc3c1C2c1ccc(-n2c4c([2H])c([2H])c([2H])c([2H])c4c4c([2H])c([2H])c([2H])c([2H])c42)cc1N3c1cccc2c1sc1c(-n3c4ccc(C(C)(C)C)cc4c4cc(C(C)(C)C)ccc43)cccc12. The quantitative estimate of drug-likeness (QED) is 0.152. The number of benzene rings is 16. The molecule has 0 fully saturated rings. The molecular formula is C113H92N6S. The summed E-state index contributed by atoms with van der Waals surface area (Å²) in [4.78, 5) is 4.63. The highest BCUT2D eigenvalue weighted by atomic mass is 32.1. The summed E-state index contributed by atoms with van der Waals surface area (Å²) in [6, 6.07) is 75.6. The van der Waals surface area contributed by atoms with E-state index in [-0.39, 0.29) is 65.3 Å². The van der Waals surface area contributed by atoms with E-state index in [2.05, 4.69) is 266 Å². The van der Waals surface area contributed by atoms with Crippen LogP contribution >= 0.6 is 11.3 Å². The van der Waals surface area contributed by atoms with Gasteiger partial charge < -0.3 is 28.1 Å². The van der Waals surface area contributed by atoms with Crippen LogP contribution in [0, 0.1) is 0 Å². The monoisotopic (exact) mass is 1580 g/mol. The van der Waals surface area contributed by atoms with Gasteiger partial charge in [0.2, 0.25) is 0 Å². The van der Waals surface area contributed by atoms with Crippen molar-refractivity contribution in [2.24, 2.45) is 0 Å². The lowest BCUT2D eigenvalue weighted by Crippen LogP contribution is -2.30. The molecule has 0 N–H and O–H groups in total. The van der Waals surface area contributed by atoms with Crippen molar-refractivity contribution >= 4 is 153 Å². The largest absolute Gasteiger partial charge is 0.310 e. The topological polar surface area (TPSA) is 26.2 Å². The lowest BCUT2D eigenvalue weighted by Gasteiger charge is -2.46. The van der Waals surface area contributed by atoms with Gasteiger partial charge in [0.25, 0.3) is 0 Å². The van der Waals surface area contributed by atoms with Gasteiger partial charge in [-0.05, 0) is 217 Å². The highest BCUT2D eigenvalue weighted by Crippen LogP contribution is 2.64. The van der Waals surface area contributed by atoms with E-state index in [0.717, 1.165) is 131 Å². The predicted octanol–water partition coefficient (Wildman–Crippen LogP) is 31.7. The number of anilines is 6. The molecule has 7 heteroatoms. The molecule has 21 aromatic rings. The number of para-hydroxylation sites is 4. The molecule has 16 aromatic carbocycles. The van der Waals surface area contributed by atoms with Crippen molar-refractivity contribution < 1.29 is 21.9 Å². The van der Waals surface area contributed by atoms with Crippen LogP contribution in [-0.4, -0.2) is 18.3 Å². The van der Waals surface area contributed by atoms with Gasteiger partial charge in [-0.1, -0.05) is 277 Å². The van der Waals surface area contributed by atoms with E-state index in [1.54, 1.807) is 20.5 Å². The van der Waals surface area contributed by atoms with Gasteiger partial charge in [-0.25, -0.2) is 0 Å². The average molecular weight is 1580 g/mol. The van der Waals surface area contributed by atoms with Crippen molar-refractivity contribution in [3.8, 4) is 45.0 Å². The molecule has 1 unspecified atom stereocenters. The summed E-state index contributed by atoms with van der Waals surface area (Å²) in [6.07, 6.45) is 0. The third kappa shape index (κ3) is 10.9. The van der Waals surface area contributed by atoms with Gasteiger partial charge in [-0.2, -0.15) is 0 Å². The van der Waals surface area contributed by atoms with E-state index in [1.807, 2.05) is 72.8 Å². The fourth-order valence-corrected chi connectivity index (χ4v) is 20.5. The number of nitrogens with zero attached hydrogens (tertiary/aromatic N) is 6. The smallest absolute Gasteiger partial charge is 0.0645 e. The van der Waals surface area contributed by atoms with E-state index in [9.17, 15) is 21.9 Å². The number of rotatable bonds is 8. The summed E-state index contributed by atoms with van der Waals surface area (Å²) in [5, 5.41) is 6.01. The van der Waals surface area contributed by atoms with Crippen molar-refractivity contribution in [3.05, 3.63) is 372 Å². The fraction of sp³-hybridized carbons (Fsp3) is 0.150. The molecule has 0 radical (unpaired) electrons. The van der Waals surface area contributed by atoms with Crippen LogP contribution in [0.2, 0.25) is 0 Å². The molecule has 0 amide bonds. The first-order valence-electron chi connectivity index (χ1n) is 49.2. The fourth-order valence-electron chi connectivity index (χ4n) is 19.2. The average Bonchev–Trinajstić information content (AvgIpc) is 1.14. The second-order valence-corrected chi connectivity index (χ2v) is 37.6. The number of hydrogen-bond acceptors (Lipinski definition) is 3. The van der Waals surface area contributed by atoms with Crippen LogP contribution in [0.5, 0.6) is 0 Å². The van der Waals surface area contributed by atoms with E-state index in [4.69, 9.17) is 0 Å². The summed E-state index contributed by atoms with van der Waals surface area (Å²) in [7, 11) is 0. The minimum absolute atomic E-state index is 0.0529. The minimum Gasteiger partial charge on any atom is -0.310 e. The predicted molar refractivity (Wildman–Crippen MR) is 513 cm³/mol. The van der Waals surface area contributed by atoms with Gasteiger partial charge in [0.1, 0.15) is 0 Å². The van der Waals surface area contributed by atoms with Gasteiger partial charge in [-0.3, -0.25) is 0 Å². The zero-order chi connectivity index (χ0) is 95.2. The summed E-state index contributed by atoms with van der Waals surface area (Å²) in [5.41, 5.74) is 19.9. The molecular weight excluding hydrogens is 1470 g/mol. The lowest BCUT2D eigenvalue weighted by atomic mass is 9.75. The first-order valence-corrected chi connectivity index (χ1v) is 42.0. The molecule has 0 spiro atoms. The molecule has 120 heavy (non-hydrogen) atoms. The highest BCUT2D eigenvalue weighted by molar-refractivity contribution is 7.26. The first kappa shape index (κ1) is 56.8. The lowest BCUT2D eigenvalue weighted by molar-refractivity contribution is 0.590. The second kappa shape index (κ2) is 26.0. The summed E-state index contributed by atoms with van der Waals surface area (Å²) >= 11 is 1.69. The molecule has 0 bridgehead atoms. The molecule has 5 aromatic heterocycles. The Morgan fingerprint density at radius 3 is 1.00 bits per heavy atom. The number of hydrogen-bond donors (Lipinski definition) is 0. The van der Waals surface area contributed by atoms with Gasteiger partial charge >= 0.3 is 0 Å². The maximum atomic E-state index is 10.0. The highest BCUT2D eigenvalue weighted by Gasteiger charge is 2.44. The zero-order valence-electron chi connectivity index (χ0n) is 84.7. The van der Waals surface area contributed by atoms with Crippen LogP contribution < -0.4 is 9.80 Å². The van der Waals surface area contributed by atoms with E-state index < -0.39 is 103 Å². The zero-order valence-corrected chi connectivity index (χ0v) is 69.5. The Balaban J connectivity index is 0.910. The Labute approximate surface area is 726 Å². The molecule has 0 saturated carbocycles. The van der Waals surface area contributed by atoms with Crippen LogP contribution in [0.3, 0.4) is 0 Å². The number of thiophene rings is 1. The molecule has 2 aliphatic heterocycles.